The number of amides is 1. The van der Waals surface area contributed by atoms with Crippen molar-refractivity contribution in [1.29, 1.82) is 0 Å². The largest absolute Gasteiger partial charge is 0.373 e. The molecule has 0 bridgehead atoms. The first kappa shape index (κ1) is 15.4. The van der Waals surface area contributed by atoms with Crippen LogP contribution >= 0.6 is 23.4 Å². The van der Waals surface area contributed by atoms with E-state index in [0.29, 0.717) is 21.7 Å². The van der Waals surface area contributed by atoms with Crippen LogP contribution in [0.1, 0.15) is 36.0 Å². The lowest BCUT2D eigenvalue weighted by Crippen LogP contribution is -2.39. The van der Waals surface area contributed by atoms with Crippen molar-refractivity contribution in [2.75, 3.05) is 18.6 Å². The number of rotatable bonds is 4. The van der Waals surface area contributed by atoms with Crippen LogP contribution in [0.25, 0.3) is 0 Å². The quantitative estimate of drug-likeness (QED) is 0.896. The molecule has 1 aliphatic carbocycles. The molecule has 6 heteroatoms. The van der Waals surface area contributed by atoms with Gasteiger partial charge in [0.2, 0.25) is 0 Å². The first-order chi connectivity index (χ1) is 9.63. The van der Waals surface area contributed by atoms with Gasteiger partial charge in [0.25, 0.3) is 5.91 Å². The second kappa shape index (κ2) is 7.18. The zero-order valence-electron chi connectivity index (χ0n) is 11.8. The first-order valence-corrected chi connectivity index (χ1v) is 8.47. The average Bonchev–Trinajstić information content (AvgIpc) is 2.47. The number of anilines is 1. The van der Waals surface area contributed by atoms with Crippen molar-refractivity contribution < 1.29 is 4.79 Å². The lowest BCUT2D eigenvalue weighted by Gasteiger charge is -2.28. The van der Waals surface area contributed by atoms with Crippen molar-refractivity contribution in [3.05, 3.63) is 22.8 Å². The average molecular weight is 314 g/mol. The summed E-state index contributed by atoms with van der Waals surface area (Å²) in [6, 6.07) is 1.93. The highest BCUT2D eigenvalue weighted by Gasteiger charge is 2.23. The minimum absolute atomic E-state index is 0.111. The van der Waals surface area contributed by atoms with Gasteiger partial charge in [-0.1, -0.05) is 18.0 Å². The third-order valence-electron chi connectivity index (χ3n) is 3.65. The van der Waals surface area contributed by atoms with E-state index in [4.69, 9.17) is 11.6 Å². The van der Waals surface area contributed by atoms with Gasteiger partial charge in [-0.05, 0) is 31.6 Å². The zero-order valence-corrected chi connectivity index (χ0v) is 13.4. The Labute approximate surface area is 129 Å². The summed E-state index contributed by atoms with van der Waals surface area (Å²) in [6.45, 7) is 0. The molecule has 4 nitrogen and oxygen atoms in total. The molecular formula is C14H20ClN3OS. The molecule has 0 aliphatic heterocycles. The van der Waals surface area contributed by atoms with Gasteiger partial charge in [-0.3, -0.25) is 4.79 Å². The van der Waals surface area contributed by atoms with Gasteiger partial charge in [0.15, 0.2) is 0 Å². The Morgan fingerprint density at radius 2 is 2.30 bits per heavy atom. The number of carbonyl (C=O) groups excluding carboxylic acids is 1. The van der Waals surface area contributed by atoms with Crippen molar-refractivity contribution in [1.82, 2.24) is 10.3 Å². The molecule has 1 amide bonds. The van der Waals surface area contributed by atoms with Crippen LogP contribution in [0, 0.1) is 0 Å². The predicted octanol–water partition coefficient (Wildman–Crippen LogP) is 3.18. The highest BCUT2D eigenvalue weighted by Crippen LogP contribution is 2.27. The zero-order chi connectivity index (χ0) is 14.5. The summed E-state index contributed by atoms with van der Waals surface area (Å²) in [7, 11) is 1.77. The molecule has 2 rings (SSSR count). The van der Waals surface area contributed by atoms with Crippen molar-refractivity contribution in [3.8, 4) is 0 Å². The van der Waals surface area contributed by atoms with E-state index in [1.807, 2.05) is 11.8 Å². The Morgan fingerprint density at radius 1 is 1.50 bits per heavy atom. The number of pyridine rings is 1. The molecular weight excluding hydrogens is 294 g/mol. The van der Waals surface area contributed by atoms with Gasteiger partial charge in [0.1, 0.15) is 5.82 Å². The molecule has 1 aliphatic rings. The van der Waals surface area contributed by atoms with Gasteiger partial charge in [-0.2, -0.15) is 11.8 Å². The molecule has 0 saturated heterocycles. The Kier molecular flexibility index (Phi) is 5.54. The number of nitrogens with zero attached hydrogens (tertiary/aromatic N) is 1. The SMILES string of the molecule is CNc1cc(C(=O)NC2CCCC(SC)C2)c(Cl)cn1. The summed E-state index contributed by atoms with van der Waals surface area (Å²) in [6.07, 6.45) is 8.14. The smallest absolute Gasteiger partial charge is 0.253 e. The first-order valence-electron chi connectivity index (χ1n) is 6.81. The maximum atomic E-state index is 12.3. The normalized spacial score (nSPS) is 22.4. The summed E-state index contributed by atoms with van der Waals surface area (Å²) >= 11 is 7.95. The predicted molar refractivity (Wildman–Crippen MR) is 85.8 cm³/mol. The molecule has 1 aromatic heterocycles. The number of carbonyl (C=O) groups is 1. The number of nitrogens with one attached hydrogen (secondary N) is 2. The van der Waals surface area contributed by atoms with E-state index in [9.17, 15) is 4.79 Å². The van der Waals surface area contributed by atoms with E-state index in [-0.39, 0.29) is 11.9 Å². The lowest BCUT2D eigenvalue weighted by atomic mass is 9.94. The van der Waals surface area contributed by atoms with Crippen LogP contribution < -0.4 is 10.6 Å². The van der Waals surface area contributed by atoms with Gasteiger partial charge in [-0.15, -0.1) is 0 Å². The molecule has 2 unspecified atom stereocenters. The van der Waals surface area contributed by atoms with E-state index in [1.54, 1.807) is 13.1 Å². The van der Waals surface area contributed by atoms with Crippen molar-refractivity contribution in [2.45, 2.75) is 37.0 Å². The van der Waals surface area contributed by atoms with Crippen molar-refractivity contribution in [3.63, 3.8) is 0 Å². The summed E-state index contributed by atoms with van der Waals surface area (Å²) < 4.78 is 0. The molecule has 0 aromatic carbocycles. The van der Waals surface area contributed by atoms with Crippen LogP contribution in [0.3, 0.4) is 0 Å². The van der Waals surface area contributed by atoms with Gasteiger partial charge >= 0.3 is 0 Å². The monoisotopic (exact) mass is 313 g/mol. The minimum Gasteiger partial charge on any atom is -0.373 e. The highest BCUT2D eigenvalue weighted by molar-refractivity contribution is 7.99. The van der Waals surface area contributed by atoms with Gasteiger partial charge in [-0.25, -0.2) is 4.98 Å². The fourth-order valence-corrected chi connectivity index (χ4v) is 3.52. The third kappa shape index (κ3) is 3.79. The molecule has 2 N–H and O–H groups in total. The summed E-state index contributed by atoms with van der Waals surface area (Å²) in [5.74, 6) is 0.533. The standard InChI is InChI=1S/C14H20ClN3OS/c1-16-13-7-11(12(15)8-17-13)14(19)18-9-4-3-5-10(6-9)20-2/h7-10H,3-6H2,1-2H3,(H,16,17)(H,18,19). The van der Waals surface area contributed by atoms with E-state index < -0.39 is 0 Å². The Balaban J connectivity index is 2.04. The topological polar surface area (TPSA) is 54.0 Å². The molecule has 1 heterocycles. The molecule has 2 atom stereocenters. The number of hydrogen-bond donors (Lipinski definition) is 2. The molecule has 0 radical (unpaired) electrons. The fourth-order valence-electron chi connectivity index (χ4n) is 2.50. The fraction of sp³-hybridized carbons (Fsp3) is 0.571. The Morgan fingerprint density at radius 3 is 3.00 bits per heavy atom. The Bertz CT molecular complexity index is 483. The summed E-state index contributed by atoms with van der Waals surface area (Å²) in [4.78, 5) is 16.4. The van der Waals surface area contributed by atoms with Gasteiger partial charge < -0.3 is 10.6 Å². The van der Waals surface area contributed by atoms with Crippen LogP contribution in [-0.2, 0) is 0 Å². The third-order valence-corrected chi connectivity index (χ3v) is 5.05. The number of halogens is 1. The van der Waals surface area contributed by atoms with Crippen molar-refractivity contribution in [2.24, 2.45) is 0 Å². The van der Waals surface area contributed by atoms with Crippen LogP contribution in [0.2, 0.25) is 5.02 Å². The Hall–Kier alpha value is -0.940. The van der Waals surface area contributed by atoms with Gasteiger partial charge in [0, 0.05) is 24.5 Å². The van der Waals surface area contributed by atoms with Crippen molar-refractivity contribution >= 4 is 35.1 Å². The molecule has 20 heavy (non-hydrogen) atoms. The second-order valence-corrected chi connectivity index (χ2v) is 6.54. The molecule has 1 saturated carbocycles. The summed E-state index contributed by atoms with van der Waals surface area (Å²) in [5, 5.41) is 7.05. The molecule has 110 valence electrons. The number of hydrogen-bond acceptors (Lipinski definition) is 4. The molecule has 1 aromatic rings. The van der Waals surface area contributed by atoms with E-state index in [2.05, 4.69) is 21.9 Å². The molecule has 1 fully saturated rings. The van der Waals surface area contributed by atoms with E-state index in [0.717, 1.165) is 12.8 Å². The molecule has 0 spiro atoms. The van der Waals surface area contributed by atoms with E-state index >= 15 is 0 Å². The van der Waals surface area contributed by atoms with Crippen LogP contribution in [-0.4, -0.2) is 35.5 Å². The van der Waals surface area contributed by atoms with Gasteiger partial charge in [0.05, 0.1) is 10.6 Å². The van der Waals surface area contributed by atoms with Crippen LogP contribution in [0.4, 0.5) is 5.82 Å². The highest BCUT2D eigenvalue weighted by atomic mass is 35.5. The maximum Gasteiger partial charge on any atom is 0.253 e. The van der Waals surface area contributed by atoms with E-state index in [1.165, 1.54) is 19.0 Å². The van der Waals surface area contributed by atoms with Crippen LogP contribution in [0.5, 0.6) is 0 Å². The number of aromatic nitrogens is 1. The van der Waals surface area contributed by atoms with Crippen LogP contribution in [0.15, 0.2) is 12.3 Å². The second-order valence-electron chi connectivity index (χ2n) is 4.99. The maximum absolute atomic E-state index is 12.3. The lowest BCUT2D eigenvalue weighted by molar-refractivity contribution is 0.0928. The summed E-state index contributed by atoms with van der Waals surface area (Å²) in [5.41, 5.74) is 0.484. The minimum atomic E-state index is -0.111. The number of thioether (sulfide) groups is 1.